The zero-order chi connectivity index (χ0) is 13.7. The fourth-order valence-electron chi connectivity index (χ4n) is 2.08. The number of β-amino-alcohol motifs (C(OH)–C–C–N with tert-alkyl or cyclic N) is 1. The summed E-state index contributed by atoms with van der Waals surface area (Å²) in [5.74, 6) is -0.0511. The molecular formula is C11H19N5O2S. The second kappa shape index (κ2) is 6.78. The van der Waals surface area contributed by atoms with Crippen molar-refractivity contribution in [3.05, 3.63) is 5.01 Å². The zero-order valence-corrected chi connectivity index (χ0v) is 11.8. The number of aliphatic hydroxyl groups is 1. The maximum absolute atomic E-state index is 12.3. The third-order valence-corrected chi connectivity index (χ3v) is 4.04. The van der Waals surface area contributed by atoms with E-state index in [4.69, 9.17) is 5.11 Å². The molecule has 0 aromatic carbocycles. The highest BCUT2D eigenvalue weighted by molar-refractivity contribution is 7.17. The summed E-state index contributed by atoms with van der Waals surface area (Å²) in [5, 5.41) is 20.7. The van der Waals surface area contributed by atoms with E-state index in [2.05, 4.69) is 20.4 Å². The Morgan fingerprint density at radius 3 is 2.89 bits per heavy atom. The minimum Gasteiger partial charge on any atom is -0.395 e. The van der Waals surface area contributed by atoms with E-state index >= 15 is 0 Å². The van der Waals surface area contributed by atoms with Crippen LogP contribution in [0.2, 0.25) is 0 Å². The van der Waals surface area contributed by atoms with E-state index in [0.717, 1.165) is 26.1 Å². The molecule has 0 unspecified atom stereocenters. The smallest absolute Gasteiger partial charge is 0.284 e. The number of rotatable bonds is 4. The van der Waals surface area contributed by atoms with Crippen molar-refractivity contribution >= 4 is 22.4 Å². The minimum atomic E-state index is -0.0511. The lowest BCUT2D eigenvalue weighted by Gasteiger charge is -2.20. The van der Waals surface area contributed by atoms with Crippen molar-refractivity contribution in [2.24, 2.45) is 0 Å². The average molecular weight is 285 g/mol. The fourth-order valence-corrected chi connectivity index (χ4v) is 2.75. The van der Waals surface area contributed by atoms with Crippen molar-refractivity contribution in [1.82, 2.24) is 20.0 Å². The maximum atomic E-state index is 12.3. The molecule has 106 valence electrons. The Hall–Kier alpha value is -1.25. The fraction of sp³-hybridized carbons (Fsp3) is 0.727. The van der Waals surface area contributed by atoms with Crippen LogP contribution in [0, 0.1) is 0 Å². The number of nitrogens with one attached hydrogen (secondary N) is 1. The van der Waals surface area contributed by atoms with Crippen LogP contribution in [0.5, 0.6) is 0 Å². The Bertz CT molecular complexity index is 425. The van der Waals surface area contributed by atoms with Gasteiger partial charge in [0.05, 0.1) is 6.61 Å². The molecule has 0 saturated carbocycles. The summed E-state index contributed by atoms with van der Waals surface area (Å²) < 4.78 is 0. The largest absolute Gasteiger partial charge is 0.395 e. The number of carbonyl (C=O) groups excluding carboxylic acids is 1. The summed E-state index contributed by atoms with van der Waals surface area (Å²) in [6.07, 6.45) is 0.920. The summed E-state index contributed by atoms with van der Waals surface area (Å²) in [6.45, 7) is 3.95. The number of hydrogen-bond acceptors (Lipinski definition) is 7. The first-order valence-electron chi connectivity index (χ1n) is 6.38. The first-order valence-corrected chi connectivity index (χ1v) is 7.20. The molecular weight excluding hydrogens is 266 g/mol. The molecule has 1 saturated heterocycles. The second-order valence-corrected chi connectivity index (χ2v) is 5.35. The summed E-state index contributed by atoms with van der Waals surface area (Å²) in [5.41, 5.74) is 0. The standard InChI is InChI=1S/C11H19N5O2S/c1-12-11-14-13-9(19-11)10(18)16-4-2-3-15(5-6-16)7-8-17/h17H,2-8H2,1H3,(H,12,14). The lowest BCUT2D eigenvalue weighted by molar-refractivity contribution is 0.0759. The molecule has 1 aromatic heterocycles. The first-order chi connectivity index (χ1) is 9.24. The van der Waals surface area contributed by atoms with Crippen molar-refractivity contribution < 1.29 is 9.90 Å². The number of aromatic nitrogens is 2. The van der Waals surface area contributed by atoms with Crippen molar-refractivity contribution in [3.8, 4) is 0 Å². The summed E-state index contributed by atoms with van der Waals surface area (Å²) >= 11 is 1.27. The van der Waals surface area contributed by atoms with Crippen LogP contribution >= 0.6 is 11.3 Å². The van der Waals surface area contributed by atoms with Gasteiger partial charge in [0, 0.05) is 33.2 Å². The minimum absolute atomic E-state index is 0.0511. The molecule has 0 atom stereocenters. The zero-order valence-electron chi connectivity index (χ0n) is 11.0. The molecule has 1 amide bonds. The van der Waals surface area contributed by atoms with Gasteiger partial charge < -0.3 is 15.3 Å². The topological polar surface area (TPSA) is 81.6 Å². The van der Waals surface area contributed by atoms with Crippen LogP contribution in [0.1, 0.15) is 16.2 Å². The second-order valence-electron chi connectivity index (χ2n) is 4.37. The van der Waals surface area contributed by atoms with Gasteiger partial charge in [-0.25, -0.2) is 0 Å². The van der Waals surface area contributed by atoms with Crippen LogP contribution in [0.4, 0.5) is 5.13 Å². The highest BCUT2D eigenvalue weighted by atomic mass is 32.1. The normalized spacial score (nSPS) is 17.3. The molecule has 1 fully saturated rings. The van der Waals surface area contributed by atoms with Crippen LogP contribution in [-0.4, -0.2) is 77.4 Å². The molecule has 0 spiro atoms. The number of hydrogen-bond donors (Lipinski definition) is 2. The van der Waals surface area contributed by atoms with E-state index in [9.17, 15) is 4.79 Å². The van der Waals surface area contributed by atoms with E-state index in [-0.39, 0.29) is 12.5 Å². The van der Waals surface area contributed by atoms with Crippen LogP contribution in [0.15, 0.2) is 0 Å². The maximum Gasteiger partial charge on any atom is 0.284 e. The lowest BCUT2D eigenvalue weighted by Crippen LogP contribution is -2.35. The average Bonchev–Trinajstić information content (AvgIpc) is 2.79. The molecule has 1 aliphatic rings. The quantitative estimate of drug-likeness (QED) is 0.792. The number of nitrogens with zero attached hydrogens (tertiary/aromatic N) is 4. The van der Waals surface area contributed by atoms with Crippen LogP contribution in [-0.2, 0) is 0 Å². The van der Waals surface area contributed by atoms with E-state index in [1.54, 1.807) is 7.05 Å². The summed E-state index contributed by atoms with van der Waals surface area (Å²) in [6, 6.07) is 0. The molecule has 1 aliphatic heterocycles. The predicted molar refractivity (Wildman–Crippen MR) is 73.5 cm³/mol. The first kappa shape index (κ1) is 14.2. The molecule has 2 heterocycles. The summed E-state index contributed by atoms with van der Waals surface area (Å²) in [4.78, 5) is 16.3. The highest BCUT2D eigenvalue weighted by Gasteiger charge is 2.22. The van der Waals surface area contributed by atoms with E-state index < -0.39 is 0 Å². The monoisotopic (exact) mass is 285 g/mol. The Morgan fingerprint density at radius 1 is 1.37 bits per heavy atom. The Morgan fingerprint density at radius 2 is 2.21 bits per heavy atom. The molecule has 0 aliphatic carbocycles. The lowest BCUT2D eigenvalue weighted by atomic mass is 10.4. The Balaban J connectivity index is 1.95. The van der Waals surface area contributed by atoms with Crippen LogP contribution in [0.3, 0.4) is 0 Å². The molecule has 2 rings (SSSR count). The predicted octanol–water partition coefficient (Wildman–Crippen LogP) is -0.280. The van der Waals surface area contributed by atoms with Gasteiger partial charge in [-0.1, -0.05) is 11.3 Å². The van der Waals surface area contributed by atoms with Crippen LogP contribution < -0.4 is 5.32 Å². The van der Waals surface area contributed by atoms with Gasteiger partial charge in [0.2, 0.25) is 10.1 Å². The van der Waals surface area contributed by atoms with Crippen molar-refractivity contribution in [2.75, 3.05) is 51.7 Å². The molecule has 0 bridgehead atoms. The van der Waals surface area contributed by atoms with Gasteiger partial charge in [-0.3, -0.25) is 9.69 Å². The Kier molecular flexibility index (Phi) is 5.06. The molecule has 7 nitrogen and oxygen atoms in total. The van der Waals surface area contributed by atoms with Gasteiger partial charge in [-0.05, 0) is 13.0 Å². The molecule has 19 heavy (non-hydrogen) atoms. The van der Waals surface area contributed by atoms with Gasteiger partial charge >= 0.3 is 0 Å². The van der Waals surface area contributed by atoms with Gasteiger partial charge in [-0.2, -0.15) is 0 Å². The molecule has 1 aromatic rings. The van der Waals surface area contributed by atoms with Crippen molar-refractivity contribution in [1.29, 1.82) is 0 Å². The third kappa shape index (κ3) is 3.62. The number of amides is 1. The SMILES string of the molecule is CNc1nnc(C(=O)N2CCCN(CCO)CC2)s1. The summed E-state index contributed by atoms with van der Waals surface area (Å²) in [7, 11) is 1.76. The van der Waals surface area contributed by atoms with E-state index in [1.807, 2.05) is 4.90 Å². The molecule has 8 heteroatoms. The Labute approximate surface area is 116 Å². The molecule has 0 radical (unpaired) electrons. The van der Waals surface area contributed by atoms with E-state index in [0.29, 0.717) is 23.2 Å². The van der Waals surface area contributed by atoms with Gasteiger partial charge in [0.25, 0.3) is 5.91 Å². The van der Waals surface area contributed by atoms with Gasteiger partial charge in [-0.15, -0.1) is 10.2 Å². The third-order valence-electron chi connectivity index (χ3n) is 3.11. The highest BCUT2D eigenvalue weighted by Crippen LogP contribution is 2.17. The number of aliphatic hydroxyl groups excluding tert-OH is 1. The number of carbonyl (C=O) groups is 1. The van der Waals surface area contributed by atoms with E-state index in [1.165, 1.54) is 11.3 Å². The van der Waals surface area contributed by atoms with Gasteiger partial charge in [0.15, 0.2) is 0 Å². The van der Waals surface area contributed by atoms with Crippen molar-refractivity contribution in [2.45, 2.75) is 6.42 Å². The van der Waals surface area contributed by atoms with Crippen LogP contribution in [0.25, 0.3) is 0 Å². The van der Waals surface area contributed by atoms with Crippen molar-refractivity contribution in [3.63, 3.8) is 0 Å². The van der Waals surface area contributed by atoms with Gasteiger partial charge in [0.1, 0.15) is 0 Å². The molecule has 2 N–H and O–H groups in total. The number of anilines is 1.